The fourth-order valence-corrected chi connectivity index (χ4v) is 2.42. The highest BCUT2D eigenvalue weighted by Crippen LogP contribution is 2.10. The predicted molar refractivity (Wildman–Crippen MR) is 90.3 cm³/mol. The average molecular weight is 336 g/mol. The van der Waals surface area contributed by atoms with Crippen LogP contribution in [0.15, 0.2) is 61.1 Å². The van der Waals surface area contributed by atoms with Gasteiger partial charge in [0.05, 0.1) is 12.1 Å². The minimum absolute atomic E-state index is 0.0806. The maximum atomic E-state index is 12.3. The zero-order valence-electron chi connectivity index (χ0n) is 13.3. The van der Waals surface area contributed by atoms with Gasteiger partial charge in [0, 0.05) is 25.1 Å². The zero-order valence-corrected chi connectivity index (χ0v) is 13.3. The van der Waals surface area contributed by atoms with Crippen molar-refractivity contribution in [3.63, 3.8) is 0 Å². The second kappa shape index (κ2) is 7.39. The number of aliphatic carboxylic acids is 1. The van der Waals surface area contributed by atoms with Crippen LogP contribution in [-0.2, 0) is 17.8 Å². The lowest BCUT2D eigenvalue weighted by Gasteiger charge is -2.08. The van der Waals surface area contributed by atoms with E-state index in [-0.39, 0.29) is 24.6 Å². The van der Waals surface area contributed by atoms with E-state index in [4.69, 9.17) is 5.11 Å². The Labute approximate surface area is 143 Å². The van der Waals surface area contributed by atoms with E-state index < -0.39 is 5.97 Å². The van der Waals surface area contributed by atoms with Crippen LogP contribution >= 0.6 is 0 Å². The van der Waals surface area contributed by atoms with Crippen molar-refractivity contribution in [1.82, 2.24) is 20.1 Å². The molecule has 7 nitrogen and oxygen atoms in total. The van der Waals surface area contributed by atoms with E-state index >= 15 is 0 Å². The number of carboxylic acid groups (broad SMARTS) is 1. The van der Waals surface area contributed by atoms with Gasteiger partial charge in [-0.1, -0.05) is 24.3 Å². The molecule has 25 heavy (non-hydrogen) atoms. The molecule has 0 saturated carbocycles. The summed E-state index contributed by atoms with van der Waals surface area (Å²) >= 11 is 0. The van der Waals surface area contributed by atoms with Crippen LogP contribution in [0.2, 0.25) is 0 Å². The third-order valence-electron chi connectivity index (χ3n) is 3.65. The molecule has 0 spiro atoms. The summed E-state index contributed by atoms with van der Waals surface area (Å²) in [5, 5.41) is 16.0. The molecule has 0 fully saturated rings. The lowest BCUT2D eigenvalue weighted by molar-refractivity contribution is -0.136. The van der Waals surface area contributed by atoms with E-state index in [1.54, 1.807) is 59.7 Å². The number of carboxylic acids is 1. The first-order valence-electron chi connectivity index (χ1n) is 7.66. The number of amides is 1. The van der Waals surface area contributed by atoms with E-state index in [0.29, 0.717) is 5.56 Å². The molecule has 2 N–H and O–H groups in total. The zero-order chi connectivity index (χ0) is 17.6. The van der Waals surface area contributed by atoms with Crippen LogP contribution < -0.4 is 5.32 Å². The lowest BCUT2D eigenvalue weighted by atomic mass is 10.0. The van der Waals surface area contributed by atoms with Gasteiger partial charge in [-0.2, -0.15) is 5.10 Å². The van der Waals surface area contributed by atoms with Crippen LogP contribution in [0.25, 0.3) is 5.69 Å². The summed E-state index contributed by atoms with van der Waals surface area (Å²) in [5.74, 6) is -1.23. The summed E-state index contributed by atoms with van der Waals surface area (Å²) < 4.78 is 1.59. The molecule has 3 aromatic rings. The van der Waals surface area contributed by atoms with Crippen molar-refractivity contribution in [2.45, 2.75) is 13.0 Å². The first-order valence-corrected chi connectivity index (χ1v) is 7.66. The van der Waals surface area contributed by atoms with Crippen LogP contribution in [0.4, 0.5) is 0 Å². The number of benzene rings is 1. The molecule has 0 aliphatic heterocycles. The summed E-state index contributed by atoms with van der Waals surface area (Å²) in [4.78, 5) is 27.1. The Morgan fingerprint density at radius 1 is 1.04 bits per heavy atom. The van der Waals surface area contributed by atoms with Crippen LogP contribution in [0, 0.1) is 0 Å². The quantitative estimate of drug-likeness (QED) is 0.716. The van der Waals surface area contributed by atoms with Crippen molar-refractivity contribution in [2.75, 3.05) is 0 Å². The van der Waals surface area contributed by atoms with E-state index in [2.05, 4.69) is 15.4 Å². The highest BCUT2D eigenvalue weighted by atomic mass is 16.4. The molecule has 7 heteroatoms. The fourth-order valence-electron chi connectivity index (χ4n) is 2.42. The summed E-state index contributed by atoms with van der Waals surface area (Å²) in [6.07, 6.45) is 4.91. The van der Waals surface area contributed by atoms with Gasteiger partial charge in [0.1, 0.15) is 0 Å². The Morgan fingerprint density at radius 2 is 1.76 bits per heavy atom. The minimum Gasteiger partial charge on any atom is -0.481 e. The Kier molecular flexibility index (Phi) is 4.84. The third-order valence-corrected chi connectivity index (χ3v) is 3.65. The predicted octanol–water partition coefficient (Wildman–Crippen LogP) is 1.82. The molecule has 0 saturated heterocycles. The van der Waals surface area contributed by atoms with Crippen molar-refractivity contribution in [3.8, 4) is 5.69 Å². The molecule has 1 aromatic carbocycles. The highest BCUT2D eigenvalue weighted by molar-refractivity contribution is 5.92. The second-order valence-corrected chi connectivity index (χ2v) is 5.37. The third kappa shape index (κ3) is 4.08. The van der Waals surface area contributed by atoms with Gasteiger partial charge in [-0.3, -0.25) is 14.6 Å². The first kappa shape index (κ1) is 16.4. The fraction of sp³-hybridized carbons (Fsp3) is 0.111. The molecule has 0 unspecified atom stereocenters. The topological polar surface area (TPSA) is 97.1 Å². The van der Waals surface area contributed by atoms with Gasteiger partial charge in [0.15, 0.2) is 5.69 Å². The van der Waals surface area contributed by atoms with Crippen molar-refractivity contribution in [2.24, 2.45) is 0 Å². The van der Waals surface area contributed by atoms with Crippen LogP contribution in [0.1, 0.15) is 21.6 Å². The number of aromatic nitrogens is 3. The number of hydrogen-bond donors (Lipinski definition) is 2. The second-order valence-electron chi connectivity index (χ2n) is 5.37. The van der Waals surface area contributed by atoms with Crippen LogP contribution in [0.3, 0.4) is 0 Å². The maximum absolute atomic E-state index is 12.3. The van der Waals surface area contributed by atoms with Crippen molar-refractivity contribution >= 4 is 11.9 Å². The molecular formula is C18H16N4O3. The molecule has 1 amide bonds. The summed E-state index contributed by atoms with van der Waals surface area (Å²) in [6, 6.07) is 12.3. The highest BCUT2D eigenvalue weighted by Gasteiger charge is 2.12. The number of carbonyl (C=O) groups excluding carboxylic acids is 1. The molecule has 0 radical (unpaired) electrons. The largest absolute Gasteiger partial charge is 0.481 e. The Morgan fingerprint density at radius 3 is 2.48 bits per heavy atom. The van der Waals surface area contributed by atoms with Gasteiger partial charge in [0.25, 0.3) is 5.91 Å². The number of carbonyl (C=O) groups is 2. The number of pyridine rings is 1. The molecule has 0 atom stereocenters. The number of rotatable bonds is 6. The van der Waals surface area contributed by atoms with Crippen molar-refractivity contribution in [3.05, 3.63) is 77.9 Å². The molecule has 2 heterocycles. The molecule has 3 rings (SSSR count). The maximum Gasteiger partial charge on any atom is 0.307 e. The van der Waals surface area contributed by atoms with Gasteiger partial charge < -0.3 is 10.4 Å². The van der Waals surface area contributed by atoms with Gasteiger partial charge in [0.2, 0.25) is 0 Å². The normalized spacial score (nSPS) is 10.4. The molecule has 0 aliphatic carbocycles. The Balaban J connectivity index is 1.68. The molecule has 0 bridgehead atoms. The summed E-state index contributed by atoms with van der Waals surface area (Å²) in [6.45, 7) is 0.240. The van der Waals surface area contributed by atoms with Crippen molar-refractivity contribution < 1.29 is 14.7 Å². The first-order chi connectivity index (χ1) is 12.1. The van der Waals surface area contributed by atoms with E-state index in [9.17, 15) is 9.59 Å². The van der Waals surface area contributed by atoms with Gasteiger partial charge in [-0.15, -0.1) is 0 Å². The SMILES string of the molecule is O=C(O)Cc1ccccc1CNC(=O)c1ccn(-c2ccncc2)n1. The number of hydrogen-bond acceptors (Lipinski definition) is 4. The van der Waals surface area contributed by atoms with Gasteiger partial charge >= 0.3 is 5.97 Å². The molecular weight excluding hydrogens is 320 g/mol. The Bertz CT molecular complexity index is 890. The van der Waals surface area contributed by atoms with Gasteiger partial charge in [-0.25, -0.2) is 4.68 Å². The molecule has 126 valence electrons. The van der Waals surface area contributed by atoms with Crippen LogP contribution in [-0.4, -0.2) is 31.7 Å². The summed E-state index contributed by atoms with van der Waals surface area (Å²) in [7, 11) is 0. The monoisotopic (exact) mass is 336 g/mol. The smallest absolute Gasteiger partial charge is 0.307 e. The van der Waals surface area contributed by atoms with E-state index in [0.717, 1.165) is 11.3 Å². The number of nitrogens with one attached hydrogen (secondary N) is 1. The minimum atomic E-state index is -0.908. The number of nitrogens with zero attached hydrogens (tertiary/aromatic N) is 3. The standard InChI is InChI=1S/C18H16N4O3/c23-17(24)11-13-3-1-2-4-14(13)12-20-18(25)16-7-10-22(21-16)15-5-8-19-9-6-15/h1-10H,11-12H2,(H,20,25)(H,23,24). The molecule has 2 aromatic heterocycles. The van der Waals surface area contributed by atoms with Gasteiger partial charge in [-0.05, 0) is 29.3 Å². The van der Waals surface area contributed by atoms with Crippen molar-refractivity contribution in [1.29, 1.82) is 0 Å². The Hall–Kier alpha value is -3.48. The average Bonchev–Trinajstić information content (AvgIpc) is 3.11. The van der Waals surface area contributed by atoms with E-state index in [1.807, 2.05) is 6.07 Å². The lowest BCUT2D eigenvalue weighted by Crippen LogP contribution is -2.24. The summed E-state index contributed by atoms with van der Waals surface area (Å²) in [5.41, 5.74) is 2.54. The van der Waals surface area contributed by atoms with E-state index in [1.165, 1.54) is 0 Å². The van der Waals surface area contributed by atoms with Crippen LogP contribution in [0.5, 0.6) is 0 Å². The molecule has 0 aliphatic rings.